The minimum Gasteiger partial charge on any atom is -0.107 e. The Hall–Kier alpha value is -0.195. The number of unbranched alkanes of at least 4 members (excludes halogenated alkanes) is 3. The molecule has 0 aromatic rings. The van der Waals surface area contributed by atoms with Crippen molar-refractivity contribution in [2.75, 3.05) is 0 Å². The highest BCUT2D eigenvalue weighted by Gasteiger charge is 2.32. The highest BCUT2D eigenvalue weighted by atomic mass is 14.1. The van der Waals surface area contributed by atoms with Gasteiger partial charge < -0.3 is 0 Å². The zero-order valence-corrected chi connectivity index (χ0v) is 14.8. The SMILES string of the molecule is CCCCC/C=C(\C)B(C(C)C(C)C)C(C)C(C)C. The van der Waals surface area contributed by atoms with Gasteiger partial charge in [-0.1, -0.05) is 97.8 Å². The van der Waals surface area contributed by atoms with E-state index in [9.17, 15) is 0 Å². The number of hydrogen-bond acceptors (Lipinski definition) is 0. The summed E-state index contributed by atoms with van der Waals surface area (Å²) in [6, 6.07) is 0. The summed E-state index contributed by atoms with van der Waals surface area (Å²) in [5.41, 5.74) is 1.64. The van der Waals surface area contributed by atoms with E-state index < -0.39 is 0 Å². The molecule has 0 aromatic carbocycles. The molecule has 0 aliphatic carbocycles. The third kappa shape index (κ3) is 6.68. The van der Waals surface area contributed by atoms with Gasteiger partial charge in [-0.15, -0.1) is 5.47 Å². The Bertz CT molecular complexity index is 238. The lowest BCUT2D eigenvalue weighted by Gasteiger charge is -2.32. The van der Waals surface area contributed by atoms with Gasteiger partial charge in [0, 0.05) is 0 Å². The summed E-state index contributed by atoms with van der Waals surface area (Å²) in [6.45, 7) is 19.8. The van der Waals surface area contributed by atoms with E-state index in [2.05, 4.69) is 61.5 Å². The van der Waals surface area contributed by atoms with Crippen LogP contribution in [0.3, 0.4) is 0 Å². The molecule has 19 heavy (non-hydrogen) atoms. The molecule has 0 fully saturated rings. The van der Waals surface area contributed by atoms with Crippen LogP contribution >= 0.6 is 0 Å². The minimum absolute atomic E-state index is 0.752. The number of rotatable bonds is 9. The van der Waals surface area contributed by atoms with E-state index in [4.69, 9.17) is 0 Å². The van der Waals surface area contributed by atoms with Gasteiger partial charge in [-0.05, 0) is 12.8 Å². The average molecular weight is 264 g/mol. The molecule has 0 aromatic heterocycles. The molecular weight excluding hydrogens is 227 g/mol. The van der Waals surface area contributed by atoms with E-state index in [1.54, 1.807) is 5.47 Å². The molecule has 2 atom stereocenters. The van der Waals surface area contributed by atoms with Gasteiger partial charge in [0.05, 0.1) is 0 Å². The number of hydrogen-bond donors (Lipinski definition) is 0. The van der Waals surface area contributed by atoms with Gasteiger partial charge in [-0.25, -0.2) is 0 Å². The average Bonchev–Trinajstić information content (AvgIpc) is 2.34. The lowest BCUT2D eigenvalue weighted by molar-refractivity contribution is 0.564. The third-order valence-corrected chi connectivity index (χ3v) is 5.04. The van der Waals surface area contributed by atoms with Gasteiger partial charge in [0.1, 0.15) is 0 Å². The third-order valence-electron chi connectivity index (χ3n) is 5.04. The molecule has 0 nitrogen and oxygen atoms in total. The Morgan fingerprint density at radius 3 is 1.74 bits per heavy atom. The molecule has 0 aliphatic rings. The topological polar surface area (TPSA) is 0 Å². The van der Waals surface area contributed by atoms with Crippen molar-refractivity contribution in [2.24, 2.45) is 11.8 Å². The van der Waals surface area contributed by atoms with E-state index in [0.717, 1.165) is 30.2 Å². The molecule has 0 N–H and O–H groups in total. The second kappa shape index (κ2) is 9.67. The molecule has 0 radical (unpaired) electrons. The summed E-state index contributed by atoms with van der Waals surface area (Å²) < 4.78 is 0. The van der Waals surface area contributed by atoms with Crippen LogP contribution in [0.15, 0.2) is 11.5 Å². The fourth-order valence-electron chi connectivity index (χ4n) is 3.00. The van der Waals surface area contributed by atoms with E-state index in [-0.39, 0.29) is 0 Å². The van der Waals surface area contributed by atoms with Crippen LogP contribution < -0.4 is 0 Å². The molecule has 1 heteroatoms. The fraction of sp³-hybridized carbons (Fsp3) is 0.889. The summed E-state index contributed by atoms with van der Waals surface area (Å²) in [7, 11) is 0. The van der Waals surface area contributed by atoms with Crippen molar-refractivity contribution < 1.29 is 0 Å². The zero-order valence-electron chi connectivity index (χ0n) is 14.8. The molecular formula is C18H37B. The van der Waals surface area contributed by atoms with Gasteiger partial charge in [-0.2, -0.15) is 0 Å². The van der Waals surface area contributed by atoms with Crippen LogP contribution in [0.4, 0.5) is 0 Å². The lowest BCUT2D eigenvalue weighted by atomic mass is 9.28. The van der Waals surface area contributed by atoms with E-state index in [0.29, 0.717) is 0 Å². The summed E-state index contributed by atoms with van der Waals surface area (Å²) >= 11 is 0. The predicted octanol–water partition coefficient (Wildman–Crippen LogP) is 6.64. The van der Waals surface area contributed by atoms with Crippen LogP contribution in [0, 0.1) is 11.8 Å². The van der Waals surface area contributed by atoms with Crippen LogP contribution in [-0.4, -0.2) is 6.71 Å². The molecule has 0 bridgehead atoms. The molecule has 0 heterocycles. The Balaban J connectivity index is 4.81. The van der Waals surface area contributed by atoms with Crippen LogP contribution in [0.2, 0.25) is 11.6 Å². The standard InChI is InChI=1S/C18H37B/c1-9-10-11-12-13-16(6)19(17(7)14(2)3)18(8)15(4)5/h13-15,17-18H,9-12H2,1-8H3/b16-13+. The molecule has 112 valence electrons. The van der Waals surface area contributed by atoms with Gasteiger partial charge in [0.15, 0.2) is 6.71 Å². The van der Waals surface area contributed by atoms with E-state index >= 15 is 0 Å². The number of allylic oxidation sites excluding steroid dienone is 2. The quantitative estimate of drug-likeness (QED) is 0.323. The maximum absolute atomic E-state index is 2.53. The second-order valence-corrected chi connectivity index (χ2v) is 7.18. The van der Waals surface area contributed by atoms with Crippen LogP contribution in [0.25, 0.3) is 0 Å². The summed E-state index contributed by atoms with van der Waals surface area (Å²) in [4.78, 5) is 0. The Kier molecular flexibility index (Phi) is 9.57. The molecule has 0 spiro atoms. The van der Waals surface area contributed by atoms with Crippen molar-refractivity contribution in [1.29, 1.82) is 0 Å². The predicted molar refractivity (Wildman–Crippen MR) is 92.2 cm³/mol. The molecule has 0 saturated carbocycles. The minimum atomic E-state index is 0.752. The summed E-state index contributed by atoms with van der Waals surface area (Å²) in [5.74, 6) is 3.09. The van der Waals surface area contributed by atoms with E-state index in [1.807, 2.05) is 0 Å². The monoisotopic (exact) mass is 264 g/mol. The highest BCUT2D eigenvalue weighted by Crippen LogP contribution is 2.36. The molecule has 0 aliphatic heterocycles. The van der Waals surface area contributed by atoms with Crippen molar-refractivity contribution in [1.82, 2.24) is 0 Å². The molecule has 0 rings (SSSR count). The first-order valence-corrected chi connectivity index (χ1v) is 8.49. The van der Waals surface area contributed by atoms with Crippen LogP contribution in [0.1, 0.15) is 81.1 Å². The molecule has 0 saturated heterocycles. The Labute approximate surface area is 123 Å². The first kappa shape index (κ1) is 18.8. The van der Waals surface area contributed by atoms with Gasteiger partial charge in [0.25, 0.3) is 0 Å². The zero-order chi connectivity index (χ0) is 15.0. The van der Waals surface area contributed by atoms with Crippen molar-refractivity contribution in [3.8, 4) is 0 Å². The maximum atomic E-state index is 2.53. The van der Waals surface area contributed by atoms with Gasteiger partial charge in [0.2, 0.25) is 0 Å². The van der Waals surface area contributed by atoms with Gasteiger partial charge >= 0.3 is 0 Å². The normalized spacial score (nSPS) is 16.0. The highest BCUT2D eigenvalue weighted by molar-refractivity contribution is 6.69. The van der Waals surface area contributed by atoms with Crippen LogP contribution in [-0.2, 0) is 0 Å². The second-order valence-electron chi connectivity index (χ2n) is 7.18. The smallest absolute Gasteiger partial charge is 0.107 e. The molecule has 0 amide bonds. The molecule has 2 unspecified atom stereocenters. The first-order valence-electron chi connectivity index (χ1n) is 8.49. The summed E-state index contributed by atoms with van der Waals surface area (Å²) in [6.07, 6.45) is 7.84. The summed E-state index contributed by atoms with van der Waals surface area (Å²) in [5, 5.41) is 0. The largest absolute Gasteiger partial charge is 0.176 e. The van der Waals surface area contributed by atoms with Gasteiger partial charge in [-0.3, -0.25) is 0 Å². The fourth-order valence-corrected chi connectivity index (χ4v) is 3.00. The first-order chi connectivity index (χ1) is 8.82. The lowest BCUT2D eigenvalue weighted by Crippen LogP contribution is -2.31. The van der Waals surface area contributed by atoms with E-state index in [1.165, 1.54) is 25.7 Å². The van der Waals surface area contributed by atoms with Crippen molar-refractivity contribution in [2.45, 2.75) is 92.7 Å². The Morgan fingerprint density at radius 1 is 0.895 bits per heavy atom. The van der Waals surface area contributed by atoms with Crippen molar-refractivity contribution >= 4 is 6.71 Å². The van der Waals surface area contributed by atoms with Crippen molar-refractivity contribution in [3.63, 3.8) is 0 Å². The van der Waals surface area contributed by atoms with Crippen molar-refractivity contribution in [3.05, 3.63) is 11.5 Å². The van der Waals surface area contributed by atoms with Crippen LogP contribution in [0.5, 0.6) is 0 Å². The Morgan fingerprint density at radius 2 is 1.37 bits per heavy atom. The maximum Gasteiger partial charge on any atom is 0.176 e.